The number of ether oxygens (including phenoxy) is 2. The van der Waals surface area contributed by atoms with Gasteiger partial charge in [0.1, 0.15) is 0 Å². The monoisotopic (exact) mass is 338 g/mol. The third-order valence-electron chi connectivity index (χ3n) is 4.65. The van der Waals surface area contributed by atoms with E-state index in [-0.39, 0.29) is 11.9 Å². The van der Waals surface area contributed by atoms with Crippen molar-refractivity contribution in [2.75, 3.05) is 26.8 Å². The van der Waals surface area contributed by atoms with Crippen LogP contribution in [0.5, 0.6) is 11.5 Å². The van der Waals surface area contributed by atoms with Crippen molar-refractivity contribution in [3.8, 4) is 11.5 Å². The van der Waals surface area contributed by atoms with Gasteiger partial charge in [0.05, 0.1) is 18.7 Å². The van der Waals surface area contributed by atoms with Gasteiger partial charge in [-0.25, -0.2) is 0 Å². The molecule has 2 aliphatic rings. The van der Waals surface area contributed by atoms with Crippen LogP contribution in [0.1, 0.15) is 36.5 Å². The molecule has 0 radical (unpaired) electrons. The Hall–Kier alpha value is -1.46. The van der Waals surface area contributed by atoms with Crippen LogP contribution in [0, 0.1) is 0 Å². The molecule has 0 aromatic heterocycles. The van der Waals surface area contributed by atoms with Gasteiger partial charge in [0.2, 0.25) is 0 Å². The molecule has 3 rings (SSSR count). The molecule has 5 nitrogen and oxygen atoms in total. The molecule has 0 spiro atoms. The highest BCUT2D eigenvalue weighted by Crippen LogP contribution is 2.38. The number of nitrogens with zero attached hydrogens (tertiary/aromatic N) is 1. The van der Waals surface area contributed by atoms with Gasteiger partial charge in [-0.3, -0.25) is 4.79 Å². The van der Waals surface area contributed by atoms with Crippen molar-refractivity contribution in [3.05, 3.63) is 22.7 Å². The van der Waals surface area contributed by atoms with Crippen molar-refractivity contribution < 1.29 is 14.3 Å². The predicted octanol–water partition coefficient (Wildman–Crippen LogP) is 2.71. The fraction of sp³-hybridized carbons (Fsp3) is 0.588. The van der Waals surface area contributed by atoms with Gasteiger partial charge in [0, 0.05) is 24.2 Å². The third-order valence-corrected chi connectivity index (χ3v) is 4.93. The second kappa shape index (κ2) is 6.97. The molecule has 1 aromatic carbocycles. The van der Waals surface area contributed by atoms with Crippen LogP contribution < -0.4 is 14.8 Å². The minimum atomic E-state index is 0.0319. The Labute approximate surface area is 141 Å². The largest absolute Gasteiger partial charge is 0.493 e. The first kappa shape index (κ1) is 16.4. The Balaban J connectivity index is 1.91. The van der Waals surface area contributed by atoms with Gasteiger partial charge in [0.25, 0.3) is 5.91 Å². The number of carbonyl (C=O) groups is 1. The molecule has 126 valence electrons. The first-order valence-corrected chi connectivity index (χ1v) is 8.57. The number of amides is 1. The van der Waals surface area contributed by atoms with Gasteiger partial charge >= 0.3 is 0 Å². The van der Waals surface area contributed by atoms with Gasteiger partial charge in [-0.2, -0.15) is 0 Å². The number of fused-ring (bicyclic) bond motifs is 2. The van der Waals surface area contributed by atoms with Crippen molar-refractivity contribution in [1.29, 1.82) is 0 Å². The summed E-state index contributed by atoms with van der Waals surface area (Å²) in [4.78, 5) is 15.1. The maximum atomic E-state index is 13.0. The average Bonchev–Trinajstić information content (AvgIpc) is 2.81. The van der Waals surface area contributed by atoms with Gasteiger partial charge in [0.15, 0.2) is 11.5 Å². The lowest BCUT2D eigenvalue weighted by Gasteiger charge is -2.28. The number of halogens is 1. The summed E-state index contributed by atoms with van der Waals surface area (Å²) in [6.45, 7) is 4.21. The van der Waals surface area contributed by atoms with E-state index in [1.54, 1.807) is 19.2 Å². The fourth-order valence-electron chi connectivity index (χ4n) is 3.59. The third kappa shape index (κ3) is 3.12. The number of carbonyl (C=O) groups excluding carboxylic acids is 1. The number of benzene rings is 1. The number of methoxy groups -OCH3 is 1. The molecule has 2 fully saturated rings. The first-order chi connectivity index (χ1) is 11.2. The molecule has 1 N–H and O–H groups in total. The second-order valence-corrected chi connectivity index (χ2v) is 6.42. The van der Waals surface area contributed by atoms with Crippen LogP contribution in [0.2, 0.25) is 5.02 Å². The molecule has 2 heterocycles. The average molecular weight is 339 g/mol. The van der Waals surface area contributed by atoms with E-state index in [0.29, 0.717) is 34.7 Å². The zero-order valence-electron chi connectivity index (χ0n) is 13.6. The molecule has 23 heavy (non-hydrogen) atoms. The van der Waals surface area contributed by atoms with Crippen molar-refractivity contribution in [2.45, 2.75) is 38.3 Å². The van der Waals surface area contributed by atoms with Crippen LogP contribution in [0.3, 0.4) is 0 Å². The maximum Gasteiger partial charge on any atom is 0.254 e. The minimum absolute atomic E-state index is 0.0319. The van der Waals surface area contributed by atoms with Crippen LogP contribution in [0.15, 0.2) is 12.1 Å². The molecular formula is C17H23ClN2O3. The summed E-state index contributed by atoms with van der Waals surface area (Å²) in [6, 6.07) is 4.01. The lowest BCUT2D eigenvalue weighted by molar-refractivity contribution is 0.0680. The Kier molecular flexibility index (Phi) is 4.97. The molecule has 2 bridgehead atoms. The number of hydrogen-bond donors (Lipinski definition) is 1. The second-order valence-electron chi connectivity index (χ2n) is 6.01. The van der Waals surface area contributed by atoms with E-state index in [1.165, 1.54) is 0 Å². The Morgan fingerprint density at radius 1 is 1.35 bits per heavy atom. The molecule has 6 heteroatoms. The SMILES string of the molecule is CCOc1c(Cl)cc(C(=O)N2C3CCNCC2CC3)cc1OC. The Morgan fingerprint density at radius 2 is 2.13 bits per heavy atom. The molecular weight excluding hydrogens is 316 g/mol. The van der Waals surface area contributed by atoms with Gasteiger partial charge in [-0.1, -0.05) is 11.6 Å². The smallest absolute Gasteiger partial charge is 0.254 e. The first-order valence-electron chi connectivity index (χ1n) is 8.19. The van der Waals surface area contributed by atoms with Crippen LogP contribution in [0.25, 0.3) is 0 Å². The summed E-state index contributed by atoms with van der Waals surface area (Å²) in [7, 11) is 1.56. The fourth-order valence-corrected chi connectivity index (χ4v) is 3.86. The summed E-state index contributed by atoms with van der Waals surface area (Å²) in [5.41, 5.74) is 0.564. The van der Waals surface area contributed by atoms with Crippen molar-refractivity contribution in [2.24, 2.45) is 0 Å². The summed E-state index contributed by atoms with van der Waals surface area (Å²) in [5.74, 6) is 1.03. The molecule has 0 aliphatic carbocycles. The van der Waals surface area contributed by atoms with E-state index < -0.39 is 0 Å². The van der Waals surface area contributed by atoms with E-state index in [9.17, 15) is 4.79 Å². The highest BCUT2D eigenvalue weighted by atomic mass is 35.5. The maximum absolute atomic E-state index is 13.0. The zero-order chi connectivity index (χ0) is 16.4. The molecule has 2 unspecified atom stereocenters. The van der Waals surface area contributed by atoms with Gasteiger partial charge < -0.3 is 19.7 Å². The van der Waals surface area contributed by atoms with Gasteiger partial charge in [-0.05, 0) is 44.9 Å². The number of rotatable bonds is 4. The van der Waals surface area contributed by atoms with Crippen molar-refractivity contribution in [1.82, 2.24) is 10.2 Å². The number of nitrogens with one attached hydrogen (secondary N) is 1. The molecule has 1 amide bonds. The summed E-state index contributed by atoms with van der Waals surface area (Å²) in [5, 5.41) is 3.82. The van der Waals surface area contributed by atoms with Crippen molar-refractivity contribution in [3.63, 3.8) is 0 Å². The molecule has 2 atom stereocenters. The molecule has 1 aromatic rings. The van der Waals surface area contributed by atoms with Gasteiger partial charge in [-0.15, -0.1) is 0 Å². The topological polar surface area (TPSA) is 50.8 Å². The zero-order valence-corrected chi connectivity index (χ0v) is 14.4. The van der Waals surface area contributed by atoms with Crippen LogP contribution in [-0.2, 0) is 0 Å². The summed E-state index contributed by atoms with van der Waals surface area (Å²) >= 11 is 6.31. The number of hydrogen-bond acceptors (Lipinski definition) is 4. The standard InChI is InChI=1S/C17H23ClN2O3/c1-3-23-16-14(18)8-11(9-15(16)22-2)17(21)20-12-4-5-13(20)10-19-7-6-12/h8-9,12-13,19H,3-7,10H2,1-2H3. The van der Waals surface area contributed by atoms with Crippen LogP contribution in [0.4, 0.5) is 0 Å². The minimum Gasteiger partial charge on any atom is -0.493 e. The Morgan fingerprint density at radius 3 is 2.87 bits per heavy atom. The highest BCUT2D eigenvalue weighted by Gasteiger charge is 2.38. The van der Waals surface area contributed by atoms with E-state index in [0.717, 1.165) is 32.4 Å². The quantitative estimate of drug-likeness (QED) is 0.917. The van der Waals surface area contributed by atoms with E-state index in [4.69, 9.17) is 21.1 Å². The highest BCUT2D eigenvalue weighted by molar-refractivity contribution is 6.32. The lowest BCUT2D eigenvalue weighted by atomic mass is 10.1. The van der Waals surface area contributed by atoms with E-state index >= 15 is 0 Å². The van der Waals surface area contributed by atoms with Crippen molar-refractivity contribution >= 4 is 17.5 Å². The molecule has 2 saturated heterocycles. The summed E-state index contributed by atoms with van der Waals surface area (Å²) < 4.78 is 10.9. The Bertz CT molecular complexity index is 579. The lowest BCUT2D eigenvalue weighted by Crippen LogP contribution is -2.42. The van der Waals surface area contributed by atoms with Crippen LogP contribution in [-0.4, -0.2) is 49.7 Å². The van der Waals surface area contributed by atoms with Crippen LogP contribution >= 0.6 is 11.6 Å². The van der Waals surface area contributed by atoms with E-state index in [2.05, 4.69) is 5.32 Å². The normalized spacial score (nSPS) is 23.5. The van der Waals surface area contributed by atoms with E-state index in [1.807, 2.05) is 11.8 Å². The molecule has 0 saturated carbocycles. The molecule has 2 aliphatic heterocycles. The summed E-state index contributed by atoms with van der Waals surface area (Å²) in [6.07, 6.45) is 3.15. The predicted molar refractivity (Wildman–Crippen MR) is 89.6 cm³/mol.